The lowest BCUT2D eigenvalue weighted by Crippen LogP contribution is -2.41. The highest BCUT2D eigenvalue weighted by Crippen LogP contribution is 2.24. The number of amides is 2. The SMILES string of the molecule is CC(C)N(Cc1ccccc1)C(=O)N/C=C/C1CCCCC1. The molecule has 1 aliphatic rings. The van der Waals surface area contributed by atoms with Gasteiger partial charge in [-0.3, -0.25) is 0 Å². The maximum Gasteiger partial charge on any atom is 0.321 e. The van der Waals surface area contributed by atoms with E-state index >= 15 is 0 Å². The Bertz CT molecular complexity index is 475. The molecule has 3 nitrogen and oxygen atoms in total. The summed E-state index contributed by atoms with van der Waals surface area (Å²) in [6, 6.07) is 10.3. The highest BCUT2D eigenvalue weighted by Gasteiger charge is 2.16. The van der Waals surface area contributed by atoms with Crippen molar-refractivity contribution >= 4 is 6.03 Å². The van der Waals surface area contributed by atoms with Crippen LogP contribution in [-0.4, -0.2) is 17.0 Å². The maximum atomic E-state index is 12.4. The molecule has 0 heterocycles. The quantitative estimate of drug-likeness (QED) is 0.840. The smallest absolute Gasteiger partial charge is 0.318 e. The largest absolute Gasteiger partial charge is 0.321 e. The van der Waals surface area contributed by atoms with Crippen LogP contribution in [0.1, 0.15) is 51.5 Å². The molecule has 22 heavy (non-hydrogen) atoms. The van der Waals surface area contributed by atoms with Gasteiger partial charge in [0.05, 0.1) is 0 Å². The first-order chi connectivity index (χ1) is 10.7. The van der Waals surface area contributed by atoms with Crippen LogP contribution in [0.15, 0.2) is 42.6 Å². The van der Waals surface area contributed by atoms with Crippen molar-refractivity contribution in [3.63, 3.8) is 0 Å². The van der Waals surface area contributed by atoms with E-state index in [2.05, 4.69) is 23.5 Å². The van der Waals surface area contributed by atoms with Crippen molar-refractivity contribution < 1.29 is 4.79 Å². The van der Waals surface area contributed by atoms with Gasteiger partial charge in [-0.15, -0.1) is 0 Å². The number of nitrogens with one attached hydrogen (secondary N) is 1. The molecule has 1 aliphatic carbocycles. The lowest BCUT2D eigenvalue weighted by atomic mass is 9.89. The molecule has 0 radical (unpaired) electrons. The molecule has 0 atom stereocenters. The second-order valence-electron chi connectivity index (χ2n) is 6.41. The zero-order valence-corrected chi connectivity index (χ0v) is 13.8. The Morgan fingerprint density at radius 1 is 1.23 bits per heavy atom. The summed E-state index contributed by atoms with van der Waals surface area (Å²) >= 11 is 0. The molecule has 0 unspecified atom stereocenters. The van der Waals surface area contributed by atoms with Gasteiger partial charge in [0.15, 0.2) is 0 Å². The maximum absolute atomic E-state index is 12.4. The fourth-order valence-corrected chi connectivity index (χ4v) is 2.93. The second kappa shape index (κ2) is 8.62. The van der Waals surface area contributed by atoms with Gasteiger partial charge >= 0.3 is 6.03 Å². The number of allylic oxidation sites excluding steroid dienone is 1. The summed E-state index contributed by atoms with van der Waals surface area (Å²) in [6.07, 6.45) is 10.5. The summed E-state index contributed by atoms with van der Waals surface area (Å²) in [5.74, 6) is 0.635. The van der Waals surface area contributed by atoms with Crippen molar-refractivity contribution in [3.05, 3.63) is 48.2 Å². The van der Waals surface area contributed by atoms with Gasteiger partial charge in [-0.05, 0) is 38.2 Å². The van der Waals surface area contributed by atoms with Crippen molar-refractivity contribution in [1.29, 1.82) is 0 Å². The molecule has 1 aromatic rings. The zero-order chi connectivity index (χ0) is 15.8. The summed E-state index contributed by atoms with van der Waals surface area (Å²) in [4.78, 5) is 14.3. The first-order valence-corrected chi connectivity index (χ1v) is 8.44. The summed E-state index contributed by atoms with van der Waals surface area (Å²) in [7, 11) is 0. The van der Waals surface area contributed by atoms with Crippen LogP contribution in [0.5, 0.6) is 0 Å². The molecule has 1 fully saturated rings. The fraction of sp³-hybridized carbons (Fsp3) is 0.526. The molecule has 1 saturated carbocycles. The summed E-state index contributed by atoms with van der Waals surface area (Å²) in [5, 5.41) is 2.94. The van der Waals surface area contributed by atoms with Crippen molar-refractivity contribution in [2.45, 2.75) is 58.5 Å². The number of nitrogens with zero attached hydrogens (tertiary/aromatic N) is 1. The number of hydrogen-bond donors (Lipinski definition) is 1. The molecule has 3 heteroatoms. The summed E-state index contributed by atoms with van der Waals surface area (Å²) < 4.78 is 0. The third-order valence-electron chi connectivity index (χ3n) is 4.30. The van der Waals surface area contributed by atoms with Gasteiger partial charge in [0, 0.05) is 18.8 Å². The number of hydrogen-bond acceptors (Lipinski definition) is 1. The summed E-state index contributed by atoms with van der Waals surface area (Å²) in [6.45, 7) is 4.74. The van der Waals surface area contributed by atoms with E-state index in [9.17, 15) is 4.79 Å². The first-order valence-electron chi connectivity index (χ1n) is 8.44. The molecule has 0 bridgehead atoms. The minimum Gasteiger partial charge on any atom is -0.318 e. The molecule has 2 amide bonds. The Kier molecular flexibility index (Phi) is 6.50. The van der Waals surface area contributed by atoms with Crippen LogP contribution in [0.2, 0.25) is 0 Å². The highest BCUT2D eigenvalue weighted by atomic mass is 16.2. The van der Waals surface area contributed by atoms with Crippen molar-refractivity contribution in [1.82, 2.24) is 10.2 Å². The molecule has 0 spiro atoms. The number of urea groups is 1. The molecular weight excluding hydrogens is 272 g/mol. The van der Waals surface area contributed by atoms with Crippen LogP contribution >= 0.6 is 0 Å². The van der Waals surface area contributed by atoms with E-state index in [1.165, 1.54) is 32.1 Å². The Morgan fingerprint density at radius 3 is 2.55 bits per heavy atom. The average Bonchev–Trinajstić information content (AvgIpc) is 2.54. The molecular formula is C19H28N2O. The molecule has 2 rings (SSSR count). The monoisotopic (exact) mass is 300 g/mol. The Hall–Kier alpha value is -1.77. The number of carbonyl (C=O) groups is 1. The van der Waals surface area contributed by atoms with E-state index in [-0.39, 0.29) is 12.1 Å². The molecule has 0 saturated heterocycles. The van der Waals surface area contributed by atoms with Gasteiger partial charge in [0.25, 0.3) is 0 Å². The van der Waals surface area contributed by atoms with E-state index in [1.807, 2.05) is 43.1 Å². The average molecular weight is 300 g/mol. The van der Waals surface area contributed by atoms with Gasteiger partial charge < -0.3 is 10.2 Å². The van der Waals surface area contributed by atoms with E-state index in [4.69, 9.17) is 0 Å². The minimum absolute atomic E-state index is 0.0223. The summed E-state index contributed by atoms with van der Waals surface area (Å²) in [5.41, 5.74) is 1.16. The minimum atomic E-state index is -0.0223. The number of rotatable bonds is 5. The normalized spacial score (nSPS) is 16.1. The van der Waals surface area contributed by atoms with Crippen LogP contribution in [-0.2, 0) is 6.54 Å². The molecule has 0 aromatic heterocycles. The molecule has 120 valence electrons. The van der Waals surface area contributed by atoms with E-state index in [0.717, 1.165) is 5.56 Å². The van der Waals surface area contributed by atoms with Crippen molar-refractivity contribution in [2.24, 2.45) is 5.92 Å². The molecule has 1 aromatic carbocycles. The van der Waals surface area contributed by atoms with Crippen LogP contribution < -0.4 is 5.32 Å². The van der Waals surface area contributed by atoms with Crippen molar-refractivity contribution in [3.8, 4) is 0 Å². The third-order valence-corrected chi connectivity index (χ3v) is 4.30. The second-order valence-corrected chi connectivity index (χ2v) is 6.41. The Morgan fingerprint density at radius 2 is 1.91 bits per heavy atom. The third kappa shape index (κ3) is 5.21. The van der Waals surface area contributed by atoms with E-state index in [0.29, 0.717) is 12.5 Å². The standard InChI is InChI=1S/C19H28N2O/c1-16(2)21(15-18-11-7-4-8-12-18)19(22)20-14-13-17-9-5-3-6-10-17/h4,7-8,11-14,16-17H,3,5-6,9-10,15H2,1-2H3,(H,20,22)/b14-13+. The Balaban J connectivity index is 1.87. The highest BCUT2D eigenvalue weighted by molar-refractivity contribution is 5.75. The predicted octanol–water partition coefficient (Wildman–Crippen LogP) is 4.70. The van der Waals surface area contributed by atoms with Crippen LogP contribution in [0.4, 0.5) is 4.79 Å². The van der Waals surface area contributed by atoms with Gasteiger partial charge in [0.1, 0.15) is 0 Å². The van der Waals surface area contributed by atoms with E-state index < -0.39 is 0 Å². The lowest BCUT2D eigenvalue weighted by Gasteiger charge is -2.26. The predicted molar refractivity (Wildman–Crippen MR) is 91.4 cm³/mol. The Labute approximate surface area is 134 Å². The fourth-order valence-electron chi connectivity index (χ4n) is 2.93. The number of carbonyl (C=O) groups excluding carboxylic acids is 1. The first kappa shape index (κ1) is 16.6. The van der Waals surface area contributed by atoms with Crippen LogP contribution in [0.25, 0.3) is 0 Å². The van der Waals surface area contributed by atoms with Gasteiger partial charge in [0.2, 0.25) is 0 Å². The molecule has 1 N–H and O–H groups in total. The van der Waals surface area contributed by atoms with Gasteiger partial charge in [-0.2, -0.15) is 0 Å². The topological polar surface area (TPSA) is 32.3 Å². The van der Waals surface area contributed by atoms with Gasteiger partial charge in [-0.25, -0.2) is 4.79 Å². The van der Waals surface area contributed by atoms with Crippen LogP contribution in [0.3, 0.4) is 0 Å². The number of benzene rings is 1. The van der Waals surface area contributed by atoms with E-state index in [1.54, 1.807) is 0 Å². The van der Waals surface area contributed by atoms with Crippen molar-refractivity contribution in [2.75, 3.05) is 0 Å². The lowest BCUT2D eigenvalue weighted by molar-refractivity contribution is 0.183. The zero-order valence-electron chi connectivity index (χ0n) is 13.8. The van der Waals surface area contributed by atoms with Gasteiger partial charge in [-0.1, -0.05) is 55.7 Å². The van der Waals surface area contributed by atoms with Crippen LogP contribution in [0, 0.1) is 5.92 Å². The molecule has 0 aliphatic heterocycles.